The van der Waals surface area contributed by atoms with Crippen molar-refractivity contribution < 1.29 is 16.8 Å². The number of fused-ring (bicyclic) bond motifs is 3. The average molecular weight is 565 g/mol. The summed E-state index contributed by atoms with van der Waals surface area (Å²) in [6.07, 6.45) is 5.51. The first-order valence-corrected chi connectivity index (χ1v) is 16.4. The molecule has 3 aromatic carbocycles. The fraction of sp³-hybridized carbons (Fsp3) is 0.345. The number of benzene rings is 3. The number of rotatable bonds is 6. The third kappa shape index (κ3) is 4.91. The number of para-hydroxylation sites is 1. The fourth-order valence-electron chi connectivity index (χ4n) is 5.64. The second-order valence-electron chi connectivity index (χ2n) is 10.3. The Morgan fingerprint density at radius 2 is 1.03 bits per heavy atom. The van der Waals surface area contributed by atoms with Crippen LogP contribution in [0.2, 0.25) is 0 Å². The summed E-state index contributed by atoms with van der Waals surface area (Å²) in [5, 5.41) is 4.70. The number of hydrogen-bond acceptors (Lipinski definition) is 6. The molecule has 39 heavy (non-hydrogen) atoms. The lowest BCUT2D eigenvalue weighted by atomic mass is 10.1. The van der Waals surface area contributed by atoms with Gasteiger partial charge in [-0.05, 0) is 73.2 Å². The lowest BCUT2D eigenvalue weighted by Crippen LogP contribution is -2.35. The molecule has 0 bridgehead atoms. The van der Waals surface area contributed by atoms with Crippen molar-refractivity contribution in [3.63, 3.8) is 0 Å². The van der Waals surface area contributed by atoms with E-state index in [0.717, 1.165) is 55.3 Å². The number of piperidine rings is 2. The van der Waals surface area contributed by atoms with Crippen LogP contribution in [0, 0.1) is 0 Å². The van der Waals surface area contributed by atoms with E-state index in [2.05, 4.69) is 5.43 Å². The summed E-state index contributed by atoms with van der Waals surface area (Å²) in [6, 6.07) is 19.8. The summed E-state index contributed by atoms with van der Waals surface area (Å²) in [5.41, 5.74) is 7.37. The summed E-state index contributed by atoms with van der Waals surface area (Å²) in [5.74, 6) is 0. The van der Waals surface area contributed by atoms with Crippen molar-refractivity contribution >= 4 is 31.4 Å². The van der Waals surface area contributed by atoms with Gasteiger partial charge >= 0.3 is 0 Å². The lowest BCUT2D eigenvalue weighted by Gasteiger charge is -2.26. The molecule has 0 saturated carbocycles. The van der Waals surface area contributed by atoms with E-state index >= 15 is 0 Å². The minimum atomic E-state index is -3.65. The van der Waals surface area contributed by atoms with Crippen molar-refractivity contribution in [2.24, 2.45) is 5.10 Å². The highest BCUT2D eigenvalue weighted by atomic mass is 32.2. The highest BCUT2D eigenvalue weighted by molar-refractivity contribution is 7.89. The number of hydrogen-bond donors (Lipinski definition) is 1. The summed E-state index contributed by atoms with van der Waals surface area (Å²) >= 11 is 0. The maximum absolute atomic E-state index is 13.5. The Morgan fingerprint density at radius 3 is 1.49 bits per heavy atom. The molecule has 0 aromatic heterocycles. The van der Waals surface area contributed by atoms with Gasteiger partial charge in [-0.2, -0.15) is 13.7 Å². The van der Waals surface area contributed by atoms with Crippen LogP contribution in [0.3, 0.4) is 0 Å². The van der Waals surface area contributed by atoms with E-state index in [4.69, 9.17) is 5.10 Å². The minimum Gasteiger partial charge on any atom is -0.278 e. The van der Waals surface area contributed by atoms with Gasteiger partial charge in [-0.25, -0.2) is 16.8 Å². The van der Waals surface area contributed by atoms with Crippen LogP contribution in [-0.2, 0) is 20.0 Å². The molecule has 0 spiro atoms. The van der Waals surface area contributed by atoms with E-state index in [1.807, 2.05) is 42.5 Å². The Kier molecular flexibility index (Phi) is 7.05. The van der Waals surface area contributed by atoms with Gasteiger partial charge in [0, 0.05) is 37.3 Å². The van der Waals surface area contributed by atoms with Crippen molar-refractivity contribution in [1.29, 1.82) is 0 Å². The van der Waals surface area contributed by atoms with Gasteiger partial charge < -0.3 is 0 Å². The van der Waals surface area contributed by atoms with Crippen molar-refractivity contribution in [2.45, 2.75) is 48.3 Å². The van der Waals surface area contributed by atoms with Gasteiger partial charge in [-0.15, -0.1) is 0 Å². The predicted octanol–water partition coefficient (Wildman–Crippen LogP) is 4.88. The molecule has 3 aromatic rings. The Labute approximate surface area is 230 Å². The molecule has 204 valence electrons. The van der Waals surface area contributed by atoms with E-state index in [-0.39, 0.29) is 9.79 Å². The molecule has 0 amide bonds. The van der Waals surface area contributed by atoms with Gasteiger partial charge in [0.25, 0.3) is 0 Å². The van der Waals surface area contributed by atoms with Gasteiger partial charge in [0.05, 0.1) is 21.2 Å². The van der Waals surface area contributed by atoms with Crippen LogP contribution in [0.1, 0.15) is 49.7 Å². The minimum absolute atomic E-state index is 0.226. The molecule has 3 aliphatic rings. The highest BCUT2D eigenvalue weighted by Gasteiger charge is 2.33. The molecule has 2 aliphatic heterocycles. The first-order valence-electron chi connectivity index (χ1n) is 13.5. The number of nitrogens with one attached hydrogen (secondary N) is 1. The summed E-state index contributed by atoms with van der Waals surface area (Å²) in [6.45, 7) is 2.09. The average Bonchev–Trinajstić information content (AvgIpc) is 3.29. The maximum atomic E-state index is 13.5. The molecule has 2 fully saturated rings. The molecule has 1 N–H and O–H groups in total. The number of nitrogens with zero attached hydrogens (tertiary/aromatic N) is 3. The van der Waals surface area contributed by atoms with Crippen LogP contribution in [0.4, 0.5) is 5.69 Å². The molecular weight excluding hydrogens is 532 g/mol. The van der Waals surface area contributed by atoms with E-state index in [0.29, 0.717) is 43.0 Å². The zero-order chi connectivity index (χ0) is 27.0. The van der Waals surface area contributed by atoms with Gasteiger partial charge in [0.1, 0.15) is 0 Å². The van der Waals surface area contributed by atoms with Crippen LogP contribution >= 0.6 is 0 Å². The molecule has 8 nitrogen and oxygen atoms in total. The van der Waals surface area contributed by atoms with Crippen LogP contribution in [-0.4, -0.2) is 57.3 Å². The molecule has 1 aliphatic carbocycles. The second-order valence-corrected chi connectivity index (χ2v) is 14.2. The van der Waals surface area contributed by atoms with Crippen LogP contribution in [0.25, 0.3) is 11.1 Å². The molecule has 6 rings (SSSR count). The zero-order valence-corrected chi connectivity index (χ0v) is 23.3. The van der Waals surface area contributed by atoms with Crippen molar-refractivity contribution in [3.05, 3.63) is 77.9 Å². The lowest BCUT2D eigenvalue weighted by molar-refractivity contribution is 0.346. The van der Waals surface area contributed by atoms with Gasteiger partial charge in [-0.1, -0.05) is 43.2 Å². The quantitative estimate of drug-likeness (QED) is 0.337. The SMILES string of the molecule is O=S(=O)(c1ccc2c(c1)C(=NNc1ccccc1)c1cc(S(=O)(=O)N3CCCCC3)ccc1-2)N1CCCCC1. The molecule has 10 heteroatoms. The third-order valence-electron chi connectivity index (χ3n) is 7.76. The van der Waals surface area contributed by atoms with E-state index in [9.17, 15) is 16.8 Å². The van der Waals surface area contributed by atoms with Crippen molar-refractivity contribution in [2.75, 3.05) is 31.6 Å². The van der Waals surface area contributed by atoms with Crippen LogP contribution in [0.15, 0.2) is 81.6 Å². The number of anilines is 1. The summed E-state index contributed by atoms with van der Waals surface area (Å²) in [4.78, 5) is 0.453. The summed E-state index contributed by atoms with van der Waals surface area (Å²) < 4.78 is 57.1. The smallest absolute Gasteiger partial charge is 0.243 e. The topological polar surface area (TPSA) is 99.1 Å². The molecule has 0 atom stereocenters. The van der Waals surface area contributed by atoms with Crippen molar-refractivity contribution in [1.82, 2.24) is 8.61 Å². The Hall–Kier alpha value is -3.05. The number of sulfonamides is 2. The fourth-order valence-corrected chi connectivity index (χ4v) is 8.72. The standard InChI is InChI=1S/C29H32N4O4S2/c34-38(35,32-16-6-2-7-17-32)23-12-14-25-26-15-13-24(39(36,37)33-18-8-3-9-19-33)21-28(26)29(27(25)20-23)31-30-22-10-4-1-5-11-22/h1,4-5,10-15,20-21,30H,2-3,6-9,16-19H2. The summed E-state index contributed by atoms with van der Waals surface area (Å²) in [7, 11) is -7.30. The number of hydrazone groups is 1. The zero-order valence-electron chi connectivity index (χ0n) is 21.7. The Morgan fingerprint density at radius 1 is 0.564 bits per heavy atom. The Bertz CT molecular complexity index is 1530. The van der Waals surface area contributed by atoms with Gasteiger partial charge in [0.2, 0.25) is 20.0 Å². The highest BCUT2D eigenvalue weighted by Crippen LogP contribution is 2.40. The normalized spacial score (nSPS) is 18.4. The van der Waals surface area contributed by atoms with E-state index < -0.39 is 20.0 Å². The van der Waals surface area contributed by atoms with Gasteiger partial charge in [-0.3, -0.25) is 5.43 Å². The maximum Gasteiger partial charge on any atom is 0.243 e. The van der Waals surface area contributed by atoms with Crippen molar-refractivity contribution in [3.8, 4) is 11.1 Å². The van der Waals surface area contributed by atoms with E-state index in [1.165, 1.54) is 0 Å². The third-order valence-corrected chi connectivity index (χ3v) is 11.5. The van der Waals surface area contributed by atoms with Crippen LogP contribution < -0.4 is 5.43 Å². The monoisotopic (exact) mass is 564 g/mol. The van der Waals surface area contributed by atoms with E-state index in [1.54, 1.807) is 32.9 Å². The van der Waals surface area contributed by atoms with Gasteiger partial charge in [0.15, 0.2) is 0 Å². The Balaban J connectivity index is 1.44. The predicted molar refractivity (Wildman–Crippen MR) is 153 cm³/mol. The largest absolute Gasteiger partial charge is 0.278 e. The molecule has 2 heterocycles. The second kappa shape index (κ2) is 10.5. The molecule has 2 saturated heterocycles. The van der Waals surface area contributed by atoms with Crippen LogP contribution in [0.5, 0.6) is 0 Å². The molecular formula is C29H32N4O4S2. The first-order chi connectivity index (χ1) is 18.9. The molecule has 0 radical (unpaired) electrons. The first kappa shape index (κ1) is 26.2. The molecule has 0 unspecified atom stereocenters.